The molecule has 0 amide bonds. The number of hydrogen-bond donors (Lipinski definition) is 2. The fourth-order valence-corrected chi connectivity index (χ4v) is 2.67. The number of methoxy groups -OCH3 is 1. The Bertz CT molecular complexity index is 661. The minimum absolute atomic E-state index is 0.0732. The maximum absolute atomic E-state index is 9.62. The second-order valence-electron chi connectivity index (χ2n) is 5.59. The van der Waals surface area contributed by atoms with E-state index >= 15 is 0 Å². The molecule has 128 valence electrons. The predicted octanol–water partition coefficient (Wildman–Crippen LogP) is 3.47. The Labute approximate surface area is 148 Å². The quantitative estimate of drug-likeness (QED) is 0.753. The van der Waals surface area contributed by atoms with Gasteiger partial charge >= 0.3 is 0 Å². The first-order valence-electron chi connectivity index (χ1n) is 7.92. The van der Waals surface area contributed by atoms with Gasteiger partial charge in [-0.25, -0.2) is 0 Å². The van der Waals surface area contributed by atoms with Crippen LogP contribution in [0.25, 0.3) is 0 Å². The molecule has 0 radical (unpaired) electrons. The lowest BCUT2D eigenvalue weighted by molar-refractivity contribution is 0.205. The van der Waals surface area contributed by atoms with Gasteiger partial charge in [-0.3, -0.25) is 0 Å². The molecule has 0 aromatic heterocycles. The van der Waals surface area contributed by atoms with Crippen LogP contribution in [-0.4, -0.2) is 30.0 Å². The molecule has 1 atom stereocenters. The van der Waals surface area contributed by atoms with E-state index in [1.165, 1.54) is 12.7 Å². The topological polar surface area (TPSA) is 50.7 Å². The Balaban J connectivity index is 1.75. The van der Waals surface area contributed by atoms with Gasteiger partial charge in [-0.1, -0.05) is 36.4 Å². The predicted molar refractivity (Wildman–Crippen MR) is 99.7 cm³/mol. The number of phenolic OH excluding ortho intramolecular Hbond substituents is 1. The SMILES string of the molecule is COc1cc(CC(C)OC(=S)NCCc2ccccc2)ccc1O. The van der Waals surface area contributed by atoms with Crippen LogP contribution in [0.3, 0.4) is 0 Å². The van der Waals surface area contributed by atoms with Gasteiger partial charge in [-0.15, -0.1) is 0 Å². The van der Waals surface area contributed by atoms with Crippen molar-refractivity contribution < 1.29 is 14.6 Å². The fourth-order valence-electron chi connectivity index (χ4n) is 2.40. The monoisotopic (exact) mass is 345 g/mol. The van der Waals surface area contributed by atoms with Crippen LogP contribution in [0, 0.1) is 0 Å². The van der Waals surface area contributed by atoms with Crippen LogP contribution in [0.5, 0.6) is 11.5 Å². The smallest absolute Gasteiger partial charge is 0.256 e. The van der Waals surface area contributed by atoms with E-state index in [9.17, 15) is 5.11 Å². The summed E-state index contributed by atoms with van der Waals surface area (Å²) >= 11 is 5.23. The van der Waals surface area contributed by atoms with Gasteiger partial charge in [-0.2, -0.15) is 0 Å². The van der Waals surface area contributed by atoms with Crippen molar-refractivity contribution in [2.45, 2.75) is 25.9 Å². The molecule has 24 heavy (non-hydrogen) atoms. The van der Waals surface area contributed by atoms with E-state index in [-0.39, 0.29) is 11.9 Å². The number of aromatic hydroxyl groups is 1. The second kappa shape index (κ2) is 9.13. The zero-order chi connectivity index (χ0) is 17.4. The molecule has 0 spiro atoms. The highest BCUT2D eigenvalue weighted by atomic mass is 32.1. The van der Waals surface area contributed by atoms with Crippen LogP contribution in [0.1, 0.15) is 18.1 Å². The summed E-state index contributed by atoms with van der Waals surface area (Å²) in [5.74, 6) is 0.594. The molecule has 0 saturated carbocycles. The molecule has 0 saturated heterocycles. The molecule has 2 N–H and O–H groups in total. The third kappa shape index (κ3) is 5.74. The highest BCUT2D eigenvalue weighted by Gasteiger charge is 2.10. The second-order valence-corrected chi connectivity index (χ2v) is 5.96. The van der Waals surface area contributed by atoms with E-state index in [4.69, 9.17) is 21.7 Å². The normalized spacial score (nSPS) is 11.6. The van der Waals surface area contributed by atoms with Gasteiger partial charge < -0.3 is 19.9 Å². The summed E-state index contributed by atoms with van der Waals surface area (Å²) in [7, 11) is 1.53. The number of hydrogen-bond acceptors (Lipinski definition) is 4. The van der Waals surface area contributed by atoms with Crippen molar-refractivity contribution in [3.63, 3.8) is 0 Å². The standard InChI is InChI=1S/C19H23NO3S/c1-14(12-16-8-9-17(21)18(13-16)22-2)23-19(24)20-11-10-15-6-4-3-5-7-15/h3-9,13-14,21H,10-12H2,1-2H3,(H,20,24). The number of nitrogens with one attached hydrogen (secondary N) is 1. The van der Waals surface area contributed by atoms with Gasteiger partial charge in [0.05, 0.1) is 7.11 Å². The minimum Gasteiger partial charge on any atom is -0.504 e. The van der Waals surface area contributed by atoms with Gasteiger partial charge in [0.1, 0.15) is 6.10 Å². The van der Waals surface area contributed by atoms with Crippen molar-refractivity contribution >= 4 is 17.4 Å². The summed E-state index contributed by atoms with van der Waals surface area (Å²) in [4.78, 5) is 0. The minimum atomic E-state index is -0.0732. The molecular formula is C19H23NO3S. The Morgan fingerprint density at radius 2 is 1.92 bits per heavy atom. The Kier molecular flexibility index (Phi) is 6.88. The van der Waals surface area contributed by atoms with Crippen LogP contribution < -0.4 is 10.1 Å². The van der Waals surface area contributed by atoms with E-state index in [1.54, 1.807) is 12.1 Å². The van der Waals surface area contributed by atoms with Crippen molar-refractivity contribution in [2.24, 2.45) is 0 Å². The Morgan fingerprint density at radius 3 is 2.62 bits per heavy atom. The molecule has 4 nitrogen and oxygen atoms in total. The highest BCUT2D eigenvalue weighted by Crippen LogP contribution is 2.26. The van der Waals surface area contributed by atoms with Crippen LogP contribution in [0.2, 0.25) is 0 Å². The lowest BCUT2D eigenvalue weighted by atomic mass is 10.1. The third-order valence-electron chi connectivity index (χ3n) is 3.60. The molecule has 5 heteroatoms. The van der Waals surface area contributed by atoms with Gasteiger partial charge in [0.25, 0.3) is 5.17 Å². The van der Waals surface area contributed by atoms with E-state index in [0.29, 0.717) is 17.3 Å². The van der Waals surface area contributed by atoms with Gasteiger partial charge in [0.2, 0.25) is 0 Å². The van der Waals surface area contributed by atoms with E-state index < -0.39 is 0 Å². The molecule has 0 fully saturated rings. The summed E-state index contributed by atoms with van der Waals surface area (Å²) in [5, 5.41) is 13.1. The average Bonchev–Trinajstić information content (AvgIpc) is 2.57. The Morgan fingerprint density at radius 1 is 1.17 bits per heavy atom. The van der Waals surface area contributed by atoms with Gasteiger partial charge in [-0.05, 0) is 48.8 Å². The molecule has 0 aliphatic heterocycles. The molecule has 2 aromatic rings. The molecular weight excluding hydrogens is 322 g/mol. The summed E-state index contributed by atoms with van der Waals surface area (Å²) in [6.07, 6.45) is 1.50. The van der Waals surface area contributed by atoms with E-state index in [0.717, 1.165) is 18.5 Å². The number of ether oxygens (including phenoxy) is 2. The van der Waals surface area contributed by atoms with Crippen molar-refractivity contribution in [3.8, 4) is 11.5 Å². The van der Waals surface area contributed by atoms with Crippen molar-refractivity contribution in [1.82, 2.24) is 5.32 Å². The summed E-state index contributed by atoms with van der Waals surface area (Å²) in [5.41, 5.74) is 2.28. The maximum Gasteiger partial charge on any atom is 0.256 e. The molecule has 0 heterocycles. The molecule has 0 aliphatic rings. The third-order valence-corrected chi connectivity index (χ3v) is 3.84. The number of phenols is 1. The largest absolute Gasteiger partial charge is 0.504 e. The van der Waals surface area contributed by atoms with Crippen molar-refractivity contribution in [1.29, 1.82) is 0 Å². The first-order valence-corrected chi connectivity index (χ1v) is 8.33. The summed E-state index contributed by atoms with van der Waals surface area (Å²) < 4.78 is 10.8. The van der Waals surface area contributed by atoms with Crippen LogP contribution in [0.4, 0.5) is 0 Å². The van der Waals surface area contributed by atoms with Crippen LogP contribution in [0.15, 0.2) is 48.5 Å². The Hall–Kier alpha value is -2.27. The van der Waals surface area contributed by atoms with Gasteiger partial charge in [0, 0.05) is 13.0 Å². The highest BCUT2D eigenvalue weighted by molar-refractivity contribution is 7.80. The van der Waals surface area contributed by atoms with E-state index in [2.05, 4.69) is 17.4 Å². The number of rotatable bonds is 7. The number of thiocarbonyl (C=S) groups is 1. The van der Waals surface area contributed by atoms with Crippen LogP contribution >= 0.6 is 12.2 Å². The first-order chi connectivity index (χ1) is 11.6. The lowest BCUT2D eigenvalue weighted by Gasteiger charge is -2.17. The zero-order valence-corrected chi connectivity index (χ0v) is 14.8. The molecule has 2 aromatic carbocycles. The van der Waals surface area contributed by atoms with Crippen LogP contribution in [-0.2, 0) is 17.6 Å². The maximum atomic E-state index is 9.62. The first kappa shape index (κ1) is 18.1. The molecule has 1 unspecified atom stereocenters. The molecule has 2 rings (SSSR count). The molecule has 0 aliphatic carbocycles. The summed E-state index contributed by atoms with van der Waals surface area (Å²) in [6.45, 7) is 2.70. The molecule has 0 bridgehead atoms. The number of benzene rings is 2. The van der Waals surface area contributed by atoms with Gasteiger partial charge in [0.15, 0.2) is 11.5 Å². The fraction of sp³-hybridized carbons (Fsp3) is 0.316. The van der Waals surface area contributed by atoms with Crippen molar-refractivity contribution in [3.05, 3.63) is 59.7 Å². The average molecular weight is 345 g/mol. The van der Waals surface area contributed by atoms with E-state index in [1.807, 2.05) is 31.2 Å². The summed E-state index contributed by atoms with van der Waals surface area (Å²) in [6, 6.07) is 15.5. The zero-order valence-electron chi connectivity index (χ0n) is 14.0. The lowest BCUT2D eigenvalue weighted by Crippen LogP contribution is -2.30. The van der Waals surface area contributed by atoms with Crippen molar-refractivity contribution in [2.75, 3.05) is 13.7 Å².